The Labute approximate surface area is 112 Å². The van der Waals surface area contributed by atoms with Crippen LogP contribution in [-0.2, 0) is 6.54 Å². The molecule has 3 heterocycles. The van der Waals surface area contributed by atoms with Gasteiger partial charge >= 0.3 is 0 Å². The van der Waals surface area contributed by atoms with Crippen molar-refractivity contribution in [2.24, 2.45) is 0 Å². The summed E-state index contributed by atoms with van der Waals surface area (Å²) >= 11 is 3.40. The van der Waals surface area contributed by atoms with E-state index in [0.717, 1.165) is 15.8 Å². The molecule has 3 aromatic heterocycles. The standard InChI is InChI=1S/C12H10BrN5/c13-9-4-5-11-16-12(17-18(11)8-9)15-7-10-3-1-2-6-14-10/h1-6,8H,7H2,(H,15,17). The maximum Gasteiger partial charge on any atom is 0.243 e. The maximum atomic E-state index is 4.36. The van der Waals surface area contributed by atoms with E-state index in [4.69, 9.17) is 0 Å². The van der Waals surface area contributed by atoms with E-state index in [1.807, 2.05) is 36.5 Å². The number of pyridine rings is 2. The van der Waals surface area contributed by atoms with Crippen molar-refractivity contribution < 1.29 is 0 Å². The Balaban J connectivity index is 1.79. The number of nitrogens with zero attached hydrogens (tertiary/aromatic N) is 4. The summed E-state index contributed by atoms with van der Waals surface area (Å²) in [5, 5.41) is 7.47. The summed E-state index contributed by atoms with van der Waals surface area (Å²) in [5.74, 6) is 0.596. The van der Waals surface area contributed by atoms with E-state index in [-0.39, 0.29) is 0 Å². The van der Waals surface area contributed by atoms with E-state index < -0.39 is 0 Å². The molecular formula is C12H10BrN5. The summed E-state index contributed by atoms with van der Waals surface area (Å²) in [6, 6.07) is 9.65. The first-order valence-corrected chi connectivity index (χ1v) is 6.26. The molecule has 0 aliphatic heterocycles. The van der Waals surface area contributed by atoms with Crippen molar-refractivity contribution in [2.75, 3.05) is 5.32 Å². The van der Waals surface area contributed by atoms with Gasteiger partial charge in [0.2, 0.25) is 5.95 Å². The third kappa shape index (κ3) is 2.33. The molecule has 0 atom stereocenters. The van der Waals surface area contributed by atoms with Crippen molar-refractivity contribution in [2.45, 2.75) is 6.54 Å². The minimum absolute atomic E-state index is 0.596. The van der Waals surface area contributed by atoms with Gasteiger partial charge in [-0.05, 0) is 40.2 Å². The summed E-state index contributed by atoms with van der Waals surface area (Å²) < 4.78 is 2.70. The summed E-state index contributed by atoms with van der Waals surface area (Å²) in [5.41, 5.74) is 1.76. The number of fused-ring (bicyclic) bond motifs is 1. The molecule has 0 aliphatic rings. The van der Waals surface area contributed by atoms with Gasteiger partial charge in [-0.25, -0.2) is 4.52 Å². The fourth-order valence-corrected chi connectivity index (χ4v) is 1.93. The number of rotatable bonds is 3. The topological polar surface area (TPSA) is 55.1 Å². The van der Waals surface area contributed by atoms with E-state index >= 15 is 0 Å². The van der Waals surface area contributed by atoms with Crippen LogP contribution in [0.25, 0.3) is 5.65 Å². The van der Waals surface area contributed by atoms with Crippen molar-refractivity contribution in [1.82, 2.24) is 19.6 Å². The lowest BCUT2D eigenvalue weighted by molar-refractivity contribution is 0.938. The molecule has 0 unspecified atom stereocenters. The molecular weight excluding hydrogens is 294 g/mol. The van der Waals surface area contributed by atoms with Crippen LogP contribution in [0.3, 0.4) is 0 Å². The fourth-order valence-electron chi connectivity index (χ4n) is 1.61. The molecule has 0 amide bonds. The number of nitrogens with one attached hydrogen (secondary N) is 1. The van der Waals surface area contributed by atoms with Gasteiger partial charge in [0.15, 0.2) is 5.65 Å². The molecule has 18 heavy (non-hydrogen) atoms. The Morgan fingerprint density at radius 1 is 1.22 bits per heavy atom. The molecule has 0 fully saturated rings. The van der Waals surface area contributed by atoms with Gasteiger partial charge in [-0.3, -0.25) is 4.98 Å². The minimum atomic E-state index is 0.596. The number of hydrogen-bond donors (Lipinski definition) is 1. The minimum Gasteiger partial charge on any atom is -0.347 e. The second-order valence-corrected chi connectivity index (χ2v) is 4.68. The van der Waals surface area contributed by atoms with E-state index in [1.54, 1.807) is 10.7 Å². The third-order valence-corrected chi connectivity index (χ3v) is 2.92. The zero-order valence-electron chi connectivity index (χ0n) is 9.42. The van der Waals surface area contributed by atoms with Crippen LogP contribution >= 0.6 is 15.9 Å². The largest absolute Gasteiger partial charge is 0.347 e. The summed E-state index contributed by atoms with van der Waals surface area (Å²) in [6.45, 7) is 0.610. The SMILES string of the molecule is Brc1ccc2nc(NCc3ccccn3)nn2c1. The monoisotopic (exact) mass is 303 g/mol. The summed E-state index contributed by atoms with van der Waals surface area (Å²) in [7, 11) is 0. The van der Waals surface area contributed by atoms with Crippen LogP contribution in [0.1, 0.15) is 5.69 Å². The first-order chi connectivity index (χ1) is 8.81. The first kappa shape index (κ1) is 11.2. The molecule has 0 saturated carbocycles. The van der Waals surface area contributed by atoms with E-state index in [9.17, 15) is 0 Å². The second kappa shape index (κ2) is 4.73. The Morgan fingerprint density at radius 2 is 2.17 bits per heavy atom. The molecule has 0 bridgehead atoms. The molecule has 6 heteroatoms. The van der Waals surface area contributed by atoms with Gasteiger partial charge in [0.25, 0.3) is 0 Å². The number of anilines is 1. The average molecular weight is 304 g/mol. The quantitative estimate of drug-likeness (QED) is 0.808. The van der Waals surface area contributed by atoms with Crippen molar-refractivity contribution in [3.05, 3.63) is 52.9 Å². The highest BCUT2D eigenvalue weighted by molar-refractivity contribution is 9.10. The van der Waals surface area contributed by atoms with E-state index in [1.165, 1.54) is 0 Å². The van der Waals surface area contributed by atoms with Gasteiger partial charge in [-0.15, -0.1) is 5.10 Å². The lowest BCUT2D eigenvalue weighted by atomic mass is 10.3. The molecule has 0 radical (unpaired) electrons. The van der Waals surface area contributed by atoms with Crippen molar-refractivity contribution in [3.8, 4) is 0 Å². The average Bonchev–Trinajstić information content (AvgIpc) is 2.79. The van der Waals surface area contributed by atoms with Gasteiger partial charge in [0, 0.05) is 16.9 Å². The van der Waals surface area contributed by atoms with Gasteiger partial charge in [-0.1, -0.05) is 6.07 Å². The molecule has 0 aliphatic carbocycles. The molecule has 3 rings (SSSR count). The third-order valence-electron chi connectivity index (χ3n) is 2.45. The number of hydrogen-bond acceptors (Lipinski definition) is 4. The Morgan fingerprint density at radius 3 is 3.00 bits per heavy atom. The molecule has 0 spiro atoms. The molecule has 1 N–H and O–H groups in total. The van der Waals surface area contributed by atoms with Gasteiger partial charge in [0.05, 0.1) is 12.2 Å². The highest BCUT2D eigenvalue weighted by atomic mass is 79.9. The lowest BCUT2D eigenvalue weighted by Crippen LogP contribution is -2.02. The Kier molecular flexibility index (Phi) is 2.93. The van der Waals surface area contributed by atoms with E-state index in [0.29, 0.717) is 12.5 Å². The highest BCUT2D eigenvalue weighted by Crippen LogP contribution is 2.12. The lowest BCUT2D eigenvalue weighted by Gasteiger charge is -1.99. The van der Waals surface area contributed by atoms with Crippen LogP contribution in [-0.4, -0.2) is 19.6 Å². The molecule has 90 valence electrons. The van der Waals surface area contributed by atoms with Crippen LogP contribution in [0.4, 0.5) is 5.95 Å². The van der Waals surface area contributed by atoms with Crippen molar-refractivity contribution >= 4 is 27.5 Å². The Bertz CT molecular complexity index is 665. The predicted octanol–water partition coefficient (Wildman–Crippen LogP) is 2.50. The van der Waals surface area contributed by atoms with Gasteiger partial charge in [-0.2, -0.15) is 4.98 Å². The molecule has 0 saturated heterocycles. The molecule has 3 aromatic rings. The smallest absolute Gasteiger partial charge is 0.243 e. The zero-order chi connectivity index (χ0) is 12.4. The van der Waals surface area contributed by atoms with Crippen molar-refractivity contribution in [3.63, 3.8) is 0 Å². The van der Waals surface area contributed by atoms with Crippen molar-refractivity contribution in [1.29, 1.82) is 0 Å². The molecule has 5 nitrogen and oxygen atoms in total. The van der Waals surface area contributed by atoms with Crippen LogP contribution in [0.5, 0.6) is 0 Å². The van der Waals surface area contributed by atoms with E-state index in [2.05, 4.69) is 36.3 Å². The highest BCUT2D eigenvalue weighted by Gasteiger charge is 2.03. The predicted molar refractivity (Wildman–Crippen MR) is 72.3 cm³/mol. The number of aromatic nitrogens is 4. The van der Waals surface area contributed by atoms with Crippen LogP contribution in [0, 0.1) is 0 Å². The van der Waals surface area contributed by atoms with Crippen LogP contribution < -0.4 is 5.32 Å². The normalized spacial score (nSPS) is 10.7. The Hall–Kier alpha value is -1.95. The summed E-state index contributed by atoms with van der Waals surface area (Å²) in [4.78, 5) is 8.59. The van der Waals surface area contributed by atoms with Gasteiger partial charge in [0.1, 0.15) is 0 Å². The van der Waals surface area contributed by atoms with Crippen LogP contribution in [0.2, 0.25) is 0 Å². The summed E-state index contributed by atoms with van der Waals surface area (Å²) in [6.07, 6.45) is 3.64. The fraction of sp³-hybridized carbons (Fsp3) is 0.0833. The second-order valence-electron chi connectivity index (χ2n) is 3.76. The van der Waals surface area contributed by atoms with Gasteiger partial charge < -0.3 is 5.32 Å². The first-order valence-electron chi connectivity index (χ1n) is 5.47. The maximum absolute atomic E-state index is 4.36. The number of halogens is 1. The zero-order valence-corrected chi connectivity index (χ0v) is 11.0. The van der Waals surface area contributed by atoms with Crippen LogP contribution in [0.15, 0.2) is 47.2 Å². The molecule has 0 aromatic carbocycles.